The van der Waals surface area contributed by atoms with Crippen LogP contribution in [-0.2, 0) is 12.1 Å². The summed E-state index contributed by atoms with van der Waals surface area (Å²) in [6.07, 6.45) is 5.20. The Balaban J connectivity index is 1.37. The van der Waals surface area contributed by atoms with Gasteiger partial charge in [0.25, 0.3) is 0 Å². The summed E-state index contributed by atoms with van der Waals surface area (Å²) < 4.78 is 10.8. The van der Waals surface area contributed by atoms with Gasteiger partial charge >= 0.3 is 0 Å². The van der Waals surface area contributed by atoms with E-state index in [2.05, 4.69) is 21.8 Å². The van der Waals surface area contributed by atoms with Crippen LogP contribution in [0.1, 0.15) is 30.9 Å². The normalized spacial score (nSPS) is 18.8. The Bertz CT molecular complexity index is 761. The van der Waals surface area contributed by atoms with E-state index in [-0.39, 0.29) is 6.79 Å². The summed E-state index contributed by atoms with van der Waals surface area (Å²) in [6, 6.07) is 5.74. The van der Waals surface area contributed by atoms with Crippen LogP contribution in [0.25, 0.3) is 0 Å². The molecule has 2 aliphatic heterocycles. The SMILES string of the molecule is CCSc1ncc(CN2CCC(O)(c3ccc4c(c3)OCO4)CC2)cn1. The van der Waals surface area contributed by atoms with Crippen molar-refractivity contribution in [3.8, 4) is 11.5 Å². The van der Waals surface area contributed by atoms with E-state index < -0.39 is 5.60 Å². The van der Waals surface area contributed by atoms with Crippen LogP contribution < -0.4 is 9.47 Å². The van der Waals surface area contributed by atoms with Gasteiger partial charge in [0.15, 0.2) is 16.7 Å². The van der Waals surface area contributed by atoms with E-state index in [0.29, 0.717) is 12.8 Å². The molecule has 3 heterocycles. The number of piperidine rings is 1. The fraction of sp³-hybridized carbons (Fsp3) is 0.474. The van der Waals surface area contributed by atoms with Crippen molar-refractivity contribution in [1.82, 2.24) is 14.9 Å². The Kier molecular flexibility index (Phi) is 5.02. The first-order valence-corrected chi connectivity index (χ1v) is 9.93. The largest absolute Gasteiger partial charge is 0.454 e. The molecule has 6 nitrogen and oxygen atoms in total. The lowest BCUT2D eigenvalue weighted by molar-refractivity contribution is -0.0278. The third kappa shape index (κ3) is 3.65. The summed E-state index contributed by atoms with van der Waals surface area (Å²) in [5.74, 6) is 2.45. The number of aliphatic hydroxyl groups is 1. The predicted octanol–water partition coefficient (Wildman–Crippen LogP) is 2.80. The molecule has 0 radical (unpaired) electrons. The summed E-state index contributed by atoms with van der Waals surface area (Å²) in [7, 11) is 0. The van der Waals surface area contributed by atoms with E-state index in [1.54, 1.807) is 11.8 Å². The minimum atomic E-state index is -0.810. The van der Waals surface area contributed by atoms with Crippen molar-refractivity contribution in [3.05, 3.63) is 41.7 Å². The average Bonchev–Trinajstić information content (AvgIpc) is 3.13. The summed E-state index contributed by atoms with van der Waals surface area (Å²) in [5, 5.41) is 11.9. The molecular weight excluding hydrogens is 350 g/mol. The monoisotopic (exact) mass is 373 g/mol. The molecule has 26 heavy (non-hydrogen) atoms. The molecule has 0 unspecified atom stereocenters. The first kappa shape index (κ1) is 17.6. The van der Waals surface area contributed by atoms with Gasteiger partial charge in [0.2, 0.25) is 6.79 Å². The van der Waals surface area contributed by atoms with E-state index in [1.165, 1.54) is 0 Å². The molecule has 1 aromatic carbocycles. The lowest BCUT2D eigenvalue weighted by Crippen LogP contribution is -2.42. The highest BCUT2D eigenvalue weighted by Gasteiger charge is 2.35. The summed E-state index contributed by atoms with van der Waals surface area (Å²) >= 11 is 1.65. The van der Waals surface area contributed by atoms with Crippen LogP contribution in [0.15, 0.2) is 35.7 Å². The van der Waals surface area contributed by atoms with Crippen LogP contribution in [0.5, 0.6) is 11.5 Å². The molecule has 0 amide bonds. The highest BCUT2D eigenvalue weighted by Crippen LogP contribution is 2.39. The molecule has 1 N–H and O–H groups in total. The maximum atomic E-state index is 11.1. The lowest BCUT2D eigenvalue weighted by atomic mass is 9.84. The number of hydrogen-bond donors (Lipinski definition) is 1. The van der Waals surface area contributed by atoms with Gasteiger partial charge in [0.1, 0.15) is 0 Å². The molecule has 0 spiro atoms. The number of nitrogens with zero attached hydrogens (tertiary/aromatic N) is 3. The average molecular weight is 373 g/mol. The first-order valence-electron chi connectivity index (χ1n) is 8.95. The van der Waals surface area contributed by atoms with Gasteiger partial charge in [-0.15, -0.1) is 0 Å². The smallest absolute Gasteiger partial charge is 0.231 e. The lowest BCUT2D eigenvalue weighted by Gasteiger charge is -2.38. The highest BCUT2D eigenvalue weighted by atomic mass is 32.2. The fourth-order valence-electron chi connectivity index (χ4n) is 3.44. The zero-order valence-electron chi connectivity index (χ0n) is 14.9. The number of hydrogen-bond acceptors (Lipinski definition) is 7. The van der Waals surface area contributed by atoms with Gasteiger partial charge in [-0.3, -0.25) is 4.90 Å². The second-order valence-corrected chi connectivity index (χ2v) is 7.91. The molecule has 0 saturated carbocycles. The van der Waals surface area contributed by atoms with Gasteiger partial charge < -0.3 is 14.6 Å². The molecule has 138 valence electrons. The summed E-state index contributed by atoms with van der Waals surface area (Å²) in [5.41, 5.74) is 1.21. The molecule has 0 bridgehead atoms. The number of fused-ring (bicyclic) bond motifs is 1. The van der Waals surface area contributed by atoms with E-state index in [1.807, 2.05) is 30.6 Å². The van der Waals surface area contributed by atoms with Crippen molar-refractivity contribution >= 4 is 11.8 Å². The zero-order chi connectivity index (χ0) is 18.0. The Hall–Kier alpha value is -1.83. The maximum Gasteiger partial charge on any atom is 0.231 e. The fourth-order valence-corrected chi connectivity index (χ4v) is 3.95. The van der Waals surface area contributed by atoms with Crippen molar-refractivity contribution in [3.63, 3.8) is 0 Å². The van der Waals surface area contributed by atoms with Crippen molar-refractivity contribution in [2.75, 3.05) is 25.6 Å². The summed E-state index contributed by atoms with van der Waals surface area (Å²) in [6.45, 7) is 4.82. The predicted molar refractivity (Wildman–Crippen MR) is 99.4 cm³/mol. The third-order valence-electron chi connectivity index (χ3n) is 4.95. The van der Waals surface area contributed by atoms with E-state index in [4.69, 9.17) is 9.47 Å². The van der Waals surface area contributed by atoms with Crippen molar-refractivity contribution in [2.45, 2.75) is 37.1 Å². The second-order valence-electron chi connectivity index (χ2n) is 6.68. The van der Waals surface area contributed by atoms with Gasteiger partial charge in [-0.1, -0.05) is 24.8 Å². The van der Waals surface area contributed by atoms with E-state index in [0.717, 1.165) is 53.2 Å². The van der Waals surface area contributed by atoms with Crippen molar-refractivity contribution in [1.29, 1.82) is 0 Å². The minimum absolute atomic E-state index is 0.253. The third-order valence-corrected chi connectivity index (χ3v) is 5.71. The Morgan fingerprint density at radius 2 is 1.88 bits per heavy atom. The zero-order valence-corrected chi connectivity index (χ0v) is 15.7. The van der Waals surface area contributed by atoms with Crippen LogP contribution in [0.3, 0.4) is 0 Å². The standard InChI is InChI=1S/C19H23N3O3S/c1-2-26-18-20-10-14(11-21-18)12-22-7-5-19(23,6-8-22)15-3-4-16-17(9-15)25-13-24-16/h3-4,9-11,23H,2,5-8,12-13H2,1H3. The number of aromatic nitrogens is 2. The molecule has 7 heteroatoms. The topological polar surface area (TPSA) is 67.7 Å². The number of likely N-dealkylation sites (tertiary alicyclic amines) is 1. The number of rotatable bonds is 5. The molecule has 2 aliphatic rings. The summed E-state index contributed by atoms with van der Waals surface area (Å²) in [4.78, 5) is 11.1. The Morgan fingerprint density at radius 1 is 1.15 bits per heavy atom. The number of thioether (sulfide) groups is 1. The van der Waals surface area contributed by atoms with Crippen molar-refractivity contribution in [2.24, 2.45) is 0 Å². The molecule has 1 saturated heterocycles. The van der Waals surface area contributed by atoms with Gasteiger partial charge in [-0.2, -0.15) is 0 Å². The van der Waals surface area contributed by atoms with Gasteiger partial charge in [-0.05, 0) is 36.3 Å². The highest BCUT2D eigenvalue weighted by molar-refractivity contribution is 7.99. The van der Waals surface area contributed by atoms with Crippen LogP contribution in [-0.4, -0.2) is 45.6 Å². The second kappa shape index (κ2) is 7.42. The Morgan fingerprint density at radius 3 is 2.62 bits per heavy atom. The maximum absolute atomic E-state index is 11.1. The molecule has 0 aliphatic carbocycles. The van der Waals surface area contributed by atoms with Crippen LogP contribution in [0.2, 0.25) is 0 Å². The molecule has 4 rings (SSSR count). The Labute approximate surface area is 157 Å². The quantitative estimate of drug-likeness (QED) is 0.638. The van der Waals surface area contributed by atoms with Crippen LogP contribution in [0.4, 0.5) is 0 Å². The van der Waals surface area contributed by atoms with Gasteiger partial charge in [-0.25, -0.2) is 9.97 Å². The van der Waals surface area contributed by atoms with Crippen LogP contribution in [0, 0.1) is 0 Å². The van der Waals surface area contributed by atoms with E-state index in [9.17, 15) is 5.11 Å². The van der Waals surface area contributed by atoms with E-state index >= 15 is 0 Å². The number of ether oxygens (including phenoxy) is 2. The molecule has 2 aromatic rings. The van der Waals surface area contributed by atoms with Gasteiger partial charge in [0.05, 0.1) is 5.60 Å². The molecular formula is C19H23N3O3S. The van der Waals surface area contributed by atoms with Crippen molar-refractivity contribution < 1.29 is 14.6 Å². The number of benzene rings is 1. The molecule has 1 fully saturated rings. The van der Waals surface area contributed by atoms with Crippen LogP contribution >= 0.6 is 11.8 Å². The van der Waals surface area contributed by atoms with Gasteiger partial charge in [0, 0.05) is 37.6 Å². The molecule has 1 aromatic heterocycles. The minimum Gasteiger partial charge on any atom is -0.454 e. The first-order chi connectivity index (χ1) is 12.7. The molecule has 0 atom stereocenters.